The molecule has 0 bridgehead atoms. The first-order chi connectivity index (χ1) is 8.19. The molecule has 1 fully saturated rings. The van der Waals surface area contributed by atoms with E-state index in [4.69, 9.17) is 4.74 Å². The molecule has 0 radical (unpaired) electrons. The third kappa shape index (κ3) is 5.01. The smallest absolute Gasteiger partial charge is 0.409 e. The molecule has 98 valence electrons. The standard InChI is InChI=1S/C10H17NO3S3/c1-14-10(13)11-7-3-5-8(11)4-2-6-9(12)16-17-15/h8,15H,2-7H2,1H3. The number of likely N-dealkylation sites (tertiary alicyclic amines) is 1. The fraction of sp³-hybridized carbons (Fsp3) is 0.800. The lowest BCUT2D eigenvalue weighted by atomic mass is 10.1. The third-order valence-corrected chi connectivity index (χ3v) is 4.75. The highest BCUT2D eigenvalue weighted by Crippen LogP contribution is 2.28. The molecule has 0 saturated carbocycles. The second-order valence-corrected chi connectivity index (χ2v) is 6.94. The Morgan fingerprint density at radius 3 is 2.94 bits per heavy atom. The van der Waals surface area contributed by atoms with Crippen molar-refractivity contribution in [2.24, 2.45) is 0 Å². The van der Waals surface area contributed by atoms with E-state index < -0.39 is 0 Å². The highest BCUT2D eigenvalue weighted by Gasteiger charge is 2.28. The number of amides is 1. The van der Waals surface area contributed by atoms with E-state index in [-0.39, 0.29) is 17.3 Å². The molecular formula is C10H17NO3S3. The minimum Gasteiger partial charge on any atom is -0.453 e. The van der Waals surface area contributed by atoms with Crippen LogP contribution in [0, 0.1) is 0 Å². The molecule has 1 unspecified atom stereocenters. The van der Waals surface area contributed by atoms with E-state index >= 15 is 0 Å². The fourth-order valence-corrected chi connectivity index (χ4v) is 3.62. The summed E-state index contributed by atoms with van der Waals surface area (Å²) in [5.74, 6) is 0. The summed E-state index contributed by atoms with van der Waals surface area (Å²) >= 11 is 3.91. The van der Waals surface area contributed by atoms with Gasteiger partial charge in [0.05, 0.1) is 7.11 Å². The van der Waals surface area contributed by atoms with Crippen molar-refractivity contribution in [3.63, 3.8) is 0 Å². The van der Waals surface area contributed by atoms with Crippen molar-refractivity contribution in [1.82, 2.24) is 4.90 Å². The summed E-state index contributed by atoms with van der Waals surface area (Å²) in [6, 6.07) is 0.240. The van der Waals surface area contributed by atoms with Gasteiger partial charge in [-0.05, 0) is 46.3 Å². The molecule has 0 aromatic carbocycles. The molecule has 1 aliphatic heterocycles. The van der Waals surface area contributed by atoms with Gasteiger partial charge < -0.3 is 9.64 Å². The molecule has 1 aliphatic rings. The Morgan fingerprint density at radius 2 is 2.29 bits per heavy atom. The summed E-state index contributed by atoms with van der Waals surface area (Å²) in [5, 5.41) is 0.146. The van der Waals surface area contributed by atoms with Crippen LogP contribution in [-0.2, 0) is 9.53 Å². The number of ether oxygens (including phenoxy) is 1. The highest BCUT2D eigenvalue weighted by atomic mass is 33.5. The lowest BCUT2D eigenvalue weighted by molar-refractivity contribution is -0.111. The molecule has 0 aromatic heterocycles. The number of hydrogen-bond donors (Lipinski definition) is 1. The number of rotatable bonds is 5. The van der Waals surface area contributed by atoms with Gasteiger partial charge >= 0.3 is 6.09 Å². The van der Waals surface area contributed by atoms with Gasteiger partial charge in [0.2, 0.25) is 0 Å². The quantitative estimate of drug-likeness (QED) is 0.623. The minimum absolute atomic E-state index is 0.146. The van der Waals surface area contributed by atoms with Crippen molar-refractivity contribution in [1.29, 1.82) is 0 Å². The molecule has 17 heavy (non-hydrogen) atoms. The predicted octanol–water partition coefficient (Wildman–Crippen LogP) is 3.14. The van der Waals surface area contributed by atoms with Crippen LogP contribution in [0.3, 0.4) is 0 Å². The molecule has 0 spiro atoms. The van der Waals surface area contributed by atoms with Gasteiger partial charge in [-0.25, -0.2) is 4.79 Å². The van der Waals surface area contributed by atoms with Gasteiger partial charge in [-0.3, -0.25) is 4.79 Å². The summed E-state index contributed by atoms with van der Waals surface area (Å²) in [7, 11) is 3.75. The Balaban J connectivity index is 2.26. The summed E-state index contributed by atoms with van der Waals surface area (Å²) in [6.45, 7) is 0.770. The predicted molar refractivity (Wildman–Crippen MR) is 75.2 cm³/mol. The van der Waals surface area contributed by atoms with Crippen molar-refractivity contribution >= 4 is 43.5 Å². The first kappa shape index (κ1) is 15.0. The number of hydrogen-bond acceptors (Lipinski definition) is 6. The lowest BCUT2D eigenvalue weighted by Gasteiger charge is -2.22. The fourth-order valence-electron chi connectivity index (χ4n) is 2.06. The normalized spacial score (nSPS) is 19.4. The van der Waals surface area contributed by atoms with E-state index in [0.717, 1.165) is 43.0 Å². The van der Waals surface area contributed by atoms with Crippen LogP contribution in [0.25, 0.3) is 0 Å². The Morgan fingerprint density at radius 1 is 1.53 bits per heavy atom. The van der Waals surface area contributed by atoms with E-state index in [2.05, 4.69) is 11.7 Å². The topological polar surface area (TPSA) is 46.6 Å². The average Bonchev–Trinajstić information content (AvgIpc) is 2.77. The van der Waals surface area contributed by atoms with Gasteiger partial charge in [0, 0.05) is 19.0 Å². The zero-order chi connectivity index (χ0) is 12.7. The second-order valence-electron chi connectivity index (χ2n) is 3.88. The van der Waals surface area contributed by atoms with E-state index in [1.54, 1.807) is 4.90 Å². The van der Waals surface area contributed by atoms with E-state index in [1.807, 2.05) is 0 Å². The number of carbonyl (C=O) groups is 2. The van der Waals surface area contributed by atoms with Crippen LogP contribution in [0.1, 0.15) is 32.1 Å². The third-order valence-electron chi connectivity index (χ3n) is 2.83. The number of carbonyl (C=O) groups excluding carboxylic acids is 2. The minimum atomic E-state index is -0.251. The Kier molecular flexibility index (Phi) is 7.22. The molecule has 1 rings (SSSR count). The molecule has 0 aliphatic carbocycles. The average molecular weight is 295 g/mol. The van der Waals surface area contributed by atoms with Gasteiger partial charge in [-0.1, -0.05) is 11.7 Å². The molecular weight excluding hydrogens is 278 g/mol. The summed E-state index contributed by atoms with van der Waals surface area (Å²) in [5.41, 5.74) is 0. The van der Waals surface area contributed by atoms with Crippen LogP contribution in [-0.4, -0.2) is 35.8 Å². The van der Waals surface area contributed by atoms with Crippen molar-refractivity contribution in [3.8, 4) is 0 Å². The molecule has 1 saturated heterocycles. The number of nitrogens with zero attached hydrogens (tertiary/aromatic N) is 1. The molecule has 0 N–H and O–H groups in total. The van der Waals surface area contributed by atoms with Crippen LogP contribution in [0.4, 0.5) is 4.79 Å². The van der Waals surface area contributed by atoms with Gasteiger partial charge in [-0.15, -0.1) is 0 Å². The number of thiol groups is 1. The monoisotopic (exact) mass is 295 g/mol. The summed E-state index contributed by atoms with van der Waals surface area (Å²) in [6.07, 6.45) is 4.02. The maximum absolute atomic E-state index is 11.4. The van der Waals surface area contributed by atoms with Crippen LogP contribution in [0.15, 0.2) is 0 Å². The molecule has 0 aromatic rings. The maximum Gasteiger partial charge on any atom is 0.409 e. The molecule has 1 amide bonds. The Bertz CT molecular complexity index is 276. The lowest BCUT2D eigenvalue weighted by Crippen LogP contribution is -2.35. The van der Waals surface area contributed by atoms with E-state index in [0.29, 0.717) is 6.42 Å². The van der Waals surface area contributed by atoms with Gasteiger partial charge in [-0.2, -0.15) is 0 Å². The summed E-state index contributed by atoms with van der Waals surface area (Å²) in [4.78, 5) is 24.5. The largest absolute Gasteiger partial charge is 0.453 e. The van der Waals surface area contributed by atoms with E-state index in [9.17, 15) is 9.59 Å². The first-order valence-corrected chi connectivity index (χ1v) is 8.74. The van der Waals surface area contributed by atoms with Crippen molar-refractivity contribution in [2.45, 2.75) is 38.1 Å². The molecule has 1 heterocycles. The molecule has 4 nitrogen and oxygen atoms in total. The van der Waals surface area contributed by atoms with Gasteiger partial charge in [0.25, 0.3) is 0 Å². The maximum atomic E-state index is 11.4. The Labute approximate surface area is 114 Å². The van der Waals surface area contributed by atoms with Crippen LogP contribution in [0.2, 0.25) is 0 Å². The molecule has 1 atom stereocenters. The van der Waals surface area contributed by atoms with Crippen LogP contribution in [0.5, 0.6) is 0 Å². The van der Waals surface area contributed by atoms with Crippen LogP contribution >= 0.6 is 32.3 Å². The van der Waals surface area contributed by atoms with Gasteiger partial charge in [0.15, 0.2) is 5.12 Å². The molecule has 7 heteroatoms. The summed E-state index contributed by atoms with van der Waals surface area (Å²) < 4.78 is 4.73. The van der Waals surface area contributed by atoms with E-state index in [1.165, 1.54) is 16.9 Å². The number of methoxy groups -OCH3 is 1. The Hall–Kier alpha value is -0.0100. The SMILES string of the molecule is COC(=O)N1CCCC1CCCC(=O)SSS. The van der Waals surface area contributed by atoms with Crippen LogP contribution < -0.4 is 0 Å². The second kappa shape index (κ2) is 8.16. The zero-order valence-electron chi connectivity index (χ0n) is 9.76. The van der Waals surface area contributed by atoms with Crippen molar-refractivity contribution in [3.05, 3.63) is 0 Å². The van der Waals surface area contributed by atoms with Crippen molar-refractivity contribution in [2.75, 3.05) is 13.7 Å². The highest BCUT2D eigenvalue weighted by molar-refractivity contribution is 9.08. The first-order valence-electron chi connectivity index (χ1n) is 5.54. The zero-order valence-corrected chi connectivity index (χ0v) is 12.3. The van der Waals surface area contributed by atoms with Gasteiger partial charge in [0.1, 0.15) is 0 Å². The van der Waals surface area contributed by atoms with Crippen molar-refractivity contribution < 1.29 is 14.3 Å².